The van der Waals surface area contributed by atoms with E-state index in [0.717, 1.165) is 4.90 Å². The molecule has 0 bridgehead atoms. The van der Waals surface area contributed by atoms with E-state index >= 15 is 0 Å². The lowest BCUT2D eigenvalue weighted by Crippen LogP contribution is -2.45. The van der Waals surface area contributed by atoms with E-state index in [4.69, 9.17) is 4.74 Å². The summed E-state index contributed by atoms with van der Waals surface area (Å²) in [6, 6.07) is -0.891. The Morgan fingerprint density at radius 1 is 1.33 bits per heavy atom. The van der Waals surface area contributed by atoms with Crippen molar-refractivity contribution in [3.8, 4) is 0 Å². The molecule has 1 fully saturated rings. The second kappa shape index (κ2) is 4.96. The Morgan fingerprint density at radius 2 is 1.89 bits per heavy atom. The summed E-state index contributed by atoms with van der Waals surface area (Å²) >= 11 is 0. The first-order valence-electron chi connectivity index (χ1n) is 5.77. The van der Waals surface area contributed by atoms with Gasteiger partial charge in [-0.15, -0.1) is 0 Å². The maximum absolute atomic E-state index is 11.9. The lowest BCUT2D eigenvalue weighted by molar-refractivity contribution is -0.147. The van der Waals surface area contributed by atoms with Gasteiger partial charge in [-0.05, 0) is 20.8 Å². The molecular formula is C12H19NO5. The summed E-state index contributed by atoms with van der Waals surface area (Å²) in [7, 11) is 1.23. The second-order valence-corrected chi connectivity index (χ2v) is 5.33. The maximum Gasteiger partial charge on any atom is 0.411 e. The van der Waals surface area contributed by atoms with Crippen molar-refractivity contribution in [3.63, 3.8) is 0 Å². The number of hydrogen-bond acceptors (Lipinski definition) is 5. The van der Waals surface area contributed by atoms with Crippen LogP contribution in [0.2, 0.25) is 0 Å². The van der Waals surface area contributed by atoms with Crippen molar-refractivity contribution in [1.29, 1.82) is 0 Å². The molecule has 1 aliphatic rings. The van der Waals surface area contributed by atoms with Crippen LogP contribution in [0.1, 0.15) is 27.7 Å². The summed E-state index contributed by atoms with van der Waals surface area (Å²) in [5, 5.41) is 0. The van der Waals surface area contributed by atoms with Gasteiger partial charge in [0.1, 0.15) is 11.6 Å². The van der Waals surface area contributed by atoms with E-state index in [9.17, 15) is 14.4 Å². The number of esters is 1. The number of carbonyl (C=O) groups excluding carboxylic acids is 3. The normalized spacial score (nSPS) is 24.1. The van der Waals surface area contributed by atoms with Crippen molar-refractivity contribution < 1.29 is 23.9 Å². The van der Waals surface area contributed by atoms with Crippen molar-refractivity contribution >= 4 is 17.8 Å². The van der Waals surface area contributed by atoms with Gasteiger partial charge in [0.05, 0.1) is 13.7 Å². The van der Waals surface area contributed by atoms with Crippen molar-refractivity contribution in [3.05, 3.63) is 0 Å². The predicted octanol–water partition coefficient (Wildman–Crippen LogP) is 0.984. The van der Waals surface area contributed by atoms with Crippen molar-refractivity contribution in [2.75, 3.05) is 13.7 Å². The number of likely N-dealkylation sites (tertiary alicyclic amines) is 1. The molecule has 0 saturated carbocycles. The second-order valence-electron chi connectivity index (χ2n) is 5.33. The molecule has 1 rings (SSSR count). The molecule has 1 saturated heterocycles. The molecule has 6 nitrogen and oxygen atoms in total. The van der Waals surface area contributed by atoms with Gasteiger partial charge >= 0.3 is 12.1 Å². The lowest BCUT2D eigenvalue weighted by atomic mass is 10.0. The highest BCUT2D eigenvalue weighted by Crippen LogP contribution is 2.24. The number of hydrogen-bond donors (Lipinski definition) is 0. The third-order valence-electron chi connectivity index (χ3n) is 2.71. The number of ketones is 1. The van der Waals surface area contributed by atoms with Crippen LogP contribution in [0.4, 0.5) is 4.79 Å². The molecule has 0 aliphatic carbocycles. The van der Waals surface area contributed by atoms with E-state index in [0.29, 0.717) is 0 Å². The van der Waals surface area contributed by atoms with Gasteiger partial charge in [-0.1, -0.05) is 6.92 Å². The Labute approximate surface area is 106 Å². The van der Waals surface area contributed by atoms with Crippen molar-refractivity contribution in [2.24, 2.45) is 5.92 Å². The molecule has 0 radical (unpaired) electrons. The van der Waals surface area contributed by atoms with E-state index in [1.54, 1.807) is 27.7 Å². The average molecular weight is 257 g/mol. The van der Waals surface area contributed by atoms with E-state index in [1.165, 1.54) is 7.11 Å². The number of nitrogens with zero attached hydrogens (tertiary/aromatic N) is 1. The fraction of sp³-hybridized carbons (Fsp3) is 0.750. The predicted molar refractivity (Wildman–Crippen MR) is 62.9 cm³/mol. The van der Waals surface area contributed by atoms with Crippen molar-refractivity contribution in [2.45, 2.75) is 39.3 Å². The number of methoxy groups -OCH3 is 1. The van der Waals surface area contributed by atoms with E-state index < -0.39 is 29.6 Å². The minimum absolute atomic E-state index is 0.115. The molecule has 102 valence electrons. The topological polar surface area (TPSA) is 72.9 Å². The molecule has 0 N–H and O–H groups in total. The molecule has 18 heavy (non-hydrogen) atoms. The summed E-state index contributed by atoms with van der Waals surface area (Å²) in [4.78, 5) is 36.3. The Morgan fingerprint density at radius 3 is 2.33 bits per heavy atom. The van der Waals surface area contributed by atoms with Gasteiger partial charge in [0, 0.05) is 5.92 Å². The van der Waals surface area contributed by atoms with Gasteiger partial charge in [0.25, 0.3) is 0 Å². The van der Waals surface area contributed by atoms with Crippen LogP contribution in [0.3, 0.4) is 0 Å². The van der Waals surface area contributed by atoms with Crippen molar-refractivity contribution in [1.82, 2.24) is 4.90 Å². The van der Waals surface area contributed by atoms with E-state index in [2.05, 4.69) is 4.74 Å². The minimum atomic E-state index is -0.891. The molecule has 0 aromatic carbocycles. The molecule has 0 spiro atoms. The van der Waals surface area contributed by atoms with E-state index in [1.807, 2.05) is 0 Å². The molecule has 0 unspecified atom stereocenters. The third-order valence-corrected chi connectivity index (χ3v) is 2.71. The Hall–Kier alpha value is -1.59. The van der Waals surface area contributed by atoms with Gasteiger partial charge in [0.2, 0.25) is 0 Å². The van der Waals surface area contributed by atoms with Gasteiger partial charge < -0.3 is 9.47 Å². The van der Waals surface area contributed by atoms with Crippen LogP contribution >= 0.6 is 0 Å². The highest BCUT2D eigenvalue weighted by Gasteiger charge is 2.46. The van der Waals surface area contributed by atoms with Gasteiger partial charge in [0.15, 0.2) is 5.78 Å². The summed E-state index contributed by atoms with van der Waals surface area (Å²) in [5.74, 6) is -1.33. The smallest absolute Gasteiger partial charge is 0.411 e. The van der Waals surface area contributed by atoms with Gasteiger partial charge in [-0.3, -0.25) is 9.69 Å². The number of carbonyl (C=O) groups is 3. The van der Waals surface area contributed by atoms with Crippen LogP contribution in [-0.4, -0.2) is 48.0 Å². The molecule has 0 aromatic heterocycles. The summed E-state index contributed by atoms with van der Waals surface area (Å²) in [6.07, 6.45) is -0.671. The Kier molecular flexibility index (Phi) is 3.98. The third kappa shape index (κ3) is 3.00. The standard InChI is InChI=1S/C12H19NO5/c1-7-8(14)6-13(9(7)10(15)17-5)11(16)18-12(2,3)4/h7,9H,6H2,1-5H3/t7-,9-/m1/s1. The molecular weight excluding hydrogens is 238 g/mol. The quantitative estimate of drug-likeness (QED) is 0.655. The fourth-order valence-corrected chi connectivity index (χ4v) is 1.81. The minimum Gasteiger partial charge on any atom is -0.467 e. The first-order valence-corrected chi connectivity index (χ1v) is 5.77. The molecule has 1 heterocycles. The van der Waals surface area contributed by atoms with Crippen LogP contribution < -0.4 is 0 Å². The molecule has 6 heteroatoms. The summed E-state index contributed by atoms with van der Waals surface area (Å²) in [6.45, 7) is 6.66. The average Bonchev–Trinajstić information content (AvgIpc) is 2.52. The van der Waals surface area contributed by atoms with E-state index in [-0.39, 0.29) is 12.3 Å². The molecule has 2 atom stereocenters. The zero-order valence-corrected chi connectivity index (χ0v) is 11.4. The van der Waals surface area contributed by atoms with Gasteiger partial charge in [-0.25, -0.2) is 9.59 Å². The first kappa shape index (κ1) is 14.5. The highest BCUT2D eigenvalue weighted by molar-refractivity contribution is 5.97. The molecule has 0 aromatic rings. The summed E-state index contributed by atoms with van der Waals surface area (Å²) in [5.41, 5.74) is -0.674. The zero-order valence-electron chi connectivity index (χ0n) is 11.4. The zero-order chi connectivity index (χ0) is 14.1. The Balaban J connectivity index is 2.89. The van der Waals surface area contributed by atoms with Crippen LogP contribution in [0, 0.1) is 5.92 Å². The van der Waals surface area contributed by atoms with Crippen LogP contribution in [0.5, 0.6) is 0 Å². The lowest BCUT2D eigenvalue weighted by Gasteiger charge is -2.27. The SMILES string of the molecule is COC(=O)[C@H]1[C@H](C)C(=O)CN1C(=O)OC(C)(C)C. The number of Topliss-reactive ketones (excluding diaryl/α,β-unsaturated/α-hetero) is 1. The largest absolute Gasteiger partial charge is 0.467 e. The number of amides is 1. The van der Waals surface area contributed by atoms with Crippen LogP contribution in [-0.2, 0) is 19.1 Å². The number of rotatable bonds is 1. The van der Waals surface area contributed by atoms with Gasteiger partial charge in [-0.2, -0.15) is 0 Å². The van der Waals surface area contributed by atoms with Crippen LogP contribution in [0.15, 0.2) is 0 Å². The monoisotopic (exact) mass is 257 g/mol. The molecule has 1 aliphatic heterocycles. The summed E-state index contributed by atoms with van der Waals surface area (Å²) < 4.78 is 9.79. The first-order chi connectivity index (χ1) is 8.17. The number of ether oxygens (including phenoxy) is 2. The Bertz CT molecular complexity index is 371. The maximum atomic E-state index is 11.9. The highest BCUT2D eigenvalue weighted by atomic mass is 16.6. The van der Waals surface area contributed by atoms with Crippen LogP contribution in [0.25, 0.3) is 0 Å². The molecule has 1 amide bonds. The fourth-order valence-electron chi connectivity index (χ4n) is 1.81.